The molecule has 0 fully saturated rings. The molecule has 11 aromatic rings. The standard InChI is InChI=1S/C47H27N3O2/c1-2-11-29(12-3-1)45-48-46(34-21-20-28-10-4-5-13-30(28)24-34)50-47(49-45)38-18-9-19-40-43(38)37-23-22-33(27-41(37)51-40)35-16-8-17-36-39-25-31-14-6-7-15-32(31)26-42(39)52-44(35)36/h1-27H. The van der Waals surface area contributed by atoms with E-state index in [1.165, 1.54) is 10.8 Å². The first kappa shape index (κ1) is 28.7. The van der Waals surface area contributed by atoms with Crippen LogP contribution >= 0.6 is 0 Å². The lowest BCUT2D eigenvalue weighted by molar-refractivity contribution is 0.668. The van der Waals surface area contributed by atoms with Crippen molar-refractivity contribution in [3.05, 3.63) is 164 Å². The van der Waals surface area contributed by atoms with E-state index < -0.39 is 0 Å². The molecule has 0 atom stereocenters. The van der Waals surface area contributed by atoms with E-state index in [4.69, 9.17) is 23.8 Å². The SMILES string of the molecule is c1ccc(-c2nc(-c3ccc4ccccc4c3)nc(-c3cccc4oc5cc(-c6cccc7c6oc6cc8ccccc8cc67)ccc5c34)n2)cc1. The second-order valence-electron chi connectivity index (χ2n) is 13.2. The van der Waals surface area contributed by atoms with Crippen molar-refractivity contribution in [1.29, 1.82) is 0 Å². The summed E-state index contributed by atoms with van der Waals surface area (Å²) in [7, 11) is 0. The molecule has 0 N–H and O–H groups in total. The molecule has 52 heavy (non-hydrogen) atoms. The summed E-state index contributed by atoms with van der Waals surface area (Å²) in [4.78, 5) is 15.2. The average Bonchev–Trinajstić information content (AvgIpc) is 3.77. The van der Waals surface area contributed by atoms with Gasteiger partial charge in [-0.25, -0.2) is 15.0 Å². The Bertz CT molecular complexity index is 3190. The Hall–Kier alpha value is -7.11. The van der Waals surface area contributed by atoms with Crippen LogP contribution in [0.25, 0.3) is 111 Å². The van der Waals surface area contributed by atoms with Crippen molar-refractivity contribution in [3.63, 3.8) is 0 Å². The molecule has 0 amide bonds. The summed E-state index contributed by atoms with van der Waals surface area (Å²) in [6.45, 7) is 0. The first-order valence-corrected chi connectivity index (χ1v) is 17.3. The van der Waals surface area contributed by atoms with Gasteiger partial charge in [0.15, 0.2) is 17.5 Å². The van der Waals surface area contributed by atoms with Gasteiger partial charge < -0.3 is 8.83 Å². The Morgan fingerprint density at radius 2 is 0.981 bits per heavy atom. The molecule has 0 unspecified atom stereocenters. The summed E-state index contributed by atoms with van der Waals surface area (Å²) in [5.41, 5.74) is 8.08. The third-order valence-electron chi connectivity index (χ3n) is 10.1. The van der Waals surface area contributed by atoms with Gasteiger partial charge in [0.05, 0.1) is 0 Å². The molecule has 242 valence electrons. The van der Waals surface area contributed by atoms with Crippen molar-refractivity contribution >= 4 is 65.4 Å². The van der Waals surface area contributed by atoms with Crippen LogP contribution in [0.1, 0.15) is 0 Å². The molecule has 0 spiro atoms. The molecule has 0 aliphatic heterocycles. The predicted octanol–water partition coefficient (Wildman–Crippen LogP) is 12.6. The van der Waals surface area contributed by atoms with Gasteiger partial charge in [-0.15, -0.1) is 0 Å². The Kier molecular flexibility index (Phi) is 6.18. The van der Waals surface area contributed by atoms with E-state index in [0.29, 0.717) is 17.5 Å². The lowest BCUT2D eigenvalue weighted by Crippen LogP contribution is -2.00. The van der Waals surface area contributed by atoms with Crippen molar-refractivity contribution in [1.82, 2.24) is 15.0 Å². The van der Waals surface area contributed by atoms with Gasteiger partial charge in [0.2, 0.25) is 0 Å². The molecule has 0 aliphatic carbocycles. The number of rotatable bonds is 4. The second-order valence-corrected chi connectivity index (χ2v) is 13.2. The summed E-state index contributed by atoms with van der Waals surface area (Å²) in [5, 5.41) is 8.82. The molecule has 8 aromatic carbocycles. The molecule has 0 aliphatic rings. The number of aromatic nitrogens is 3. The van der Waals surface area contributed by atoms with Crippen molar-refractivity contribution in [2.75, 3.05) is 0 Å². The number of hydrogen-bond acceptors (Lipinski definition) is 5. The summed E-state index contributed by atoms with van der Waals surface area (Å²) in [6, 6.07) is 56.3. The van der Waals surface area contributed by atoms with Crippen molar-refractivity contribution in [2.24, 2.45) is 0 Å². The molecule has 5 heteroatoms. The lowest BCUT2D eigenvalue weighted by Gasteiger charge is -2.10. The summed E-state index contributed by atoms with van der Waals surface area (Å²) in [5.74, 6) is 1.83. The Morgan fingerprint density at radius 1 is 0.327 bits per heavy atom. The third-order valence-corrected chi connectivity index (χ3v) is 10.1. The fourth-order valence-electron chi connectivity index (χ4n) is 7.56. The monoisotopic (exact) mass is 665 g/mol. The van der Waals surface area contributed by atoms with Gasteiger partial charge in [0, 0.05) is 43.8 Å². The number of benzene rings is 8. The molecule has 3 aromatic heterocycles. The fourth-order valence-corrected chi connectivity index (χ4v) is 7.56. The minimum absolute atomic E-state index is 0.591. The van der Waals surface area contributed by atoms with Crippen LogP contribution in [0.4, 0.5) is 0 Å². The highest BCUT2D eigenvalue weighted by molar-refractivity contribution is 6.15. The first-order chi connectivity index (χ1) is 25.7. The highest BCUT2D eigenvalue weighted by atomic mass is 16.3. The predicted molar refractivity (Wildman–Crippen MR) is 211 cm³/mol. The van der Waals surface area contributed by atoms with E-state index in [2.05, 4.69) is 121 Å². The van der Waals surface area contributed by atoms with E-state index in [1.54, 1.807) is 0 Å². The molecule has 3 heterocycles. The number of para-hydroxylation sites is 1. The van der Waals surface area contributed by atoms with Crippen LogP contribution in [-0.2, 0) is 0 Å². The average molecular weight is 666 g/mol. The third kappa shape index (κ3) is 4.53. The van der Waals surface area contributed by atoms with Crippen LogP contribution in [0.15, 0.2) is 173 Å². The van der Waals surface area contributed by atoms with Crippen LogP contribution in [0.3, 0.4) is 0 Å². The van der Waals surface area contributed by atoms with E-state index >= 15 is 0 Å². The van der Waals surface area contributed by atoms with Crippen LogP contribution in [0, 0.1) is 0 Å². The summed E-state index contributed by atoms with van der Waals surface area (Å²) < 4.78 is 13.1. The van der Waals surface area contributed by atoms with Gasteiger partial charge in [-0.05, 0) is 63.5 Å². The van der Waals surface area contributed by atoms with Crippen LogP contribution < -0.4 is 0 Å². The lowest BCUT2D eigenvalue weighted by atomic mass is 9.99. The Labute approximate surface area is 297 Å². The van der Waals surface area contributed by atoms with Gasteiger partial charge >= 0.3 is 0 Å². The van der Waals surface area contributed by atoms with Crippen LogP contribution in [0.5, 0.6) is 0 Å². The topological polar surface area (TPSA) is 65.0 Å². The van der Waals surface area contributed by atoms with Gasteiger partial charge in [0.1, 0.15) is 22.3 Å². The minimum Gasteiger partial charge on any atom is -0.456 e. The van der Waals surface area contributed by atoms with Crippen LogP contribution in [-0.4, -0.2) is 15.0 Å². The molecule has 11 rings (SSSR count). The van der Waals surface area contributed by atoms with E-state index in [1.807, 2.05) is 42.5 Å². The zero-order valence-electron chi connectivity index (χ0n) is 27.7. The zero-order chi connectivity index (χ0) is 34.2. The summed E-state index contributed by atoms with van der Waals surface area (Å²) in [6.07, 6.45) is 0. The normalized spacial score (nSPS) is 11.8. The maximum absolute atomic E-state index is 6.58. The van der Waals surface area contributed by atoms with E-state index in [-0.39, 0.29) is 0 Å². The molecular weight excluding hydrogens is 639 g/mol. The fraction of sp³-hybridized carbons (Fsp3) is 0. The van der Waals surface area contributed by atoms with Crippen molar-refractivity contribution in [3.8, 4) is 45.3 Å². The van der Waals surface area contributed by atoms with Gasteiger partial charge in [-0.3, -0.25) is 0 Å². The van der Waals surface area contributed by atoms with Crippen molar-refractivity contribution < 1.29 is 8.83 Å². The maximum atomic E-state index is 6.58. The van der Waals surface area contributed by atoms with Gasteiger partial charge in [0.25, 0.3) is 0 Å². The molecular formula is C47H27N3O2. The Morgan fingerprint density at radius 3 is 1.83 bits per heavy atom. The summed E-state index contributed by atoms with van der Waals surface area (Å²) >= 11 is 0. The number of fused-ring (bicyclic) bond motifs is 8. The minimum atomic E-state index is 0.591. The van der Waals surface area contributed by atoms with Gasteiger partial charge in [-0.2, -0.15) is 0 Å². The molecule has 0 bridgehead atoms. The van der Waals surface area contributed by atoms with E-state index in [9.17, 15) is 0 Å². The van der Waals surface area contributed by atoms with Gasteiger partial charge in [-0.1, -0.05) is 127 Å². The quantitative estimate of drug-likeness (QED) is 0.187. The highest BCUT2D eigenvalue weighted by Crippen LogP contribution is 2.41. The first-order valence-electron chi connectivity index (χ1n) is 17.3. The number of hydrogen-bond donors (Lipinski definition) is 0. The number of nitrogens with zero attached hydrogens (tertiary/aromatic N) is 3. The smallest absolute Gasteiger partial charge is 0.164 e. The van der Waals surface area contributed by atoms with Crippen LogP contribution in [0.2, 0.25) is 0 Å². The van der Waals surface area contributed by atoms with Crippen molar-refractivity contribution in [2.45, 2.75) is 0 Å². The zero-order valence-corrected chi connectivity index (χ0v) is 27.7. The molecule has 0 saturated heterocycles. The highest BCUT2D eigenvalue weighted by Gasteiger charge is 2.20. The van der Waals surface area contributed by atoms with E-state index in [0.717, 1.165) is 82.5 Å². The molecule has 5 nitrogen and oxygen atoms in total. The number of furan rings is 2. The molecule has 0 radical (unpaired) electrons. The second kappa shape index (κ2) is 11.2. The maximum Gasteiger partial charge on any atom is 0.164 e. The largest absolute Gasteiger partial charge is 0.456 e. The Balaban J connectivity index is 1.08. The molecule has 0 saturated carbocycles.